The van der Waals surface area contributed by atoms with Gasteiger partial charge in [-0.2, -0.15) is 0 Å². The Morgan fingerprint density at radius 2 is 1.51 bits per heavy atom. The molecule has 1 amide bonds. The summed E-state index contributed by atoms with van der Waals surface area (Å²) in [5.41, 5.74) is 5.50. The lowest BCUT2D eigenvalue weighted by molar-refractivity contribution is -0.381. The molecule has 0 unspecified atom stereocenters. The van der Waals surface area contributed by atoms with Gasteiger partial charge in [0.15, 0.2) is 12.6 Å². The Morgan fingerprint density at radius 1 is 0.927 bits per heavy atom. The van der Waals surface area contributed by atoms with Crippen molar-refractivity contribution in [2.24, 2.45) is 10.7 Å². The number of rotatable bonds is 17. The van der Waals surface area contributed by atoms with Crippen molar-refractivity contribution in [2.75, 3.05) is 26.4 Å². The first-order chi connectivity index (χ1) is 25.7. The molecule has 3 saturated heterocycles. The molecule has 0 aromatic rings. The topological polar surface area (TPSA) is 409 Å². The summed E-state index contributed by atoms with van der Waals surface area (Å²) in [5.74, 6) is -9.24. The molecule has 0 bridgehead atoms. The lowest BCUT2D eigenvalue weighted by Gasteiger charge is -2.50. The molecule has 3 aliphatic heterocycles. The maximum Gasteiger partial charge on any atom is 0.364 e. The van der Waals surface area contributed by atoms with E-state index in [0.717, 1.165) is 20.8 Å². The first kappa shape index (κ1) is 46.1. The van der Waals surface area contributed by atoms with Gasteiger partial charge in [-0.25, -0.2) is 4.79 Å². The number of amides is 1. The number of esters is 1. The predicted molar refractivity (Wildman–Crippen MR) is 170 cm³/mol. The van der Waals surface area contributed by atoms with Gasteiger partial charge in [0.2, 0.25) is 5.91 Å². The monoisotopic (exact) mass is 802 g/mol. The van der Waals surface area contributed by atoms with Crippen molar-refractivity contribution in [3.05, 3.63) is 0 Å². The Kier molecular flexibility index (Phi) is 16.6. The van der Waals surface area contributed by atoms with Crippen LogP contribution in [0, 0.1) is 0 Å². The Morgan fingerprint density at radius 3 is 2.02 bits per heavy atom. The molecular formula is C30H48N3O22-. The second kappa shape index (κ2) is 19.7. The molecule has 3 fully saturated rings. The zero-order valence-electron chi connectivity index (χ0n) is 29.7. The quantitative estimate of drug-likeness (QED) is 0.0369. The van der Waals surface area contributed by atoms with Crippen molar-refractivity contribution in [3.8, 4) is 0 Å². The van der Waals surface area contributed by atoms with Gasteiger partial charge >= 0.3 is 17.9 Å². The van der Waals surface area contributed by atoms with Crippen LogP contribution in [0.5, 0.6) is 0 Å². The van der Waals surface area contributed by atoms with Crippen molar-refractivity contribution in [1.82, 2.24) is 5.32 Å². The SMILES string of the molecule is CC(=O)N[C@H]1[C@@H](OC[C@H](N)C(=O)O)O[C@H](CO)[C@H](O)[C@@H]1O[C@@H]1O[C@H](CO)[C@H](O)[C@H](O[C@]2(C(=O)O)C[C@H](O)[C@@H](N=C(C)[O-])[C@H]([C@H](O)[C@H](O)COC(C)=O)O2)[C@H]1O. The maximum atomic E-state index is 12.9. The lowest BCUT2D eigenvalue weighted by Crippen LogP contribution is -2.70. The molecule has 0 aromatic carbocycles. The summed E-state index contributed by atoms with van der Waals surface area (Å²) in [5, 5.41) is 120. The van der Waals surface area contributed by atoms with E-state index in [1.54, 1.807) is 0 Å². The van der Waals surface area contributed by atoms with Crippen LogP contribution < -0.4 is 16.2 Å². The molecule has 55 heavy (non-hydrogen) atoms. The van der Waals surface area contributed by atoms with Gasteiger partial charge in [0.05, 0.1) is 25.9 Å². The fourth-order valence-corrected chi connectivity index (χ4v) is 6.09. The molecule has 0 spiro atoms. The first-order valence-electron chi connectivity index (χ1n) is 16.7. The number of nitrogens with two attached hydrogens (primary N) is 1. The summed E-state index contributed by atoms with van der Waals surface area (Å²) in [6, 6.07) is -4.92. The van der Waals surface area contributed by atoms with E-state index in [4.69, 9.17) is 39.3 Å². The maximum absolute atomic E-state index is 12.9. The highest BCUT2D eigenvalue weighted by Crippen LogP contribution is 2.39. The first-order valence-corrected chi connectivity index (χ1v) is 16.7. The second-order valence-electron chi connectivity index (χ2n) is 13.0. The largest absolute Gasteiger partial charge is 0.862 e. The van der Waals surface area contributed by atoms with E-state index < -0.39 is 166 Å². The van der Waals surface area contributed by atoms with E-state index in [9.17, 15) is 70.2 Å². The van der Waals surface area contributed by atoms with Crippen LogP contribution in [0.3, 0.4) is 0 Å². The summed E-state index contributed by atoms with van der Waals surface area (Å²) < 4.78 is 38.2. The standard InChI is InChI=1S/C30H49N3O22/c1-9(36)32-17-13(39)4-30(29(47)48,54-24(17)19(41)14(40)8-49-11(3)38)55-25-21(43)16(6-35)52-28(22(25)44)53-23-18(33-10(2)37)27(50-7-12(31)26(45)46)51-15(5-34)20(23)42/h12-25,27-28,34-35,39-44H,4-8,31H2,1-3H3,(H,32,36)(H,33,37)(H,45,46)(H,47,48)/p-1/t12-,13-,14+,15+,16+,17+,18+,19+,20-,21-,22+,23+,24+,25-,27-,28-,30-/m0/s1. The number of carbonyl (C=O) groups is 4. The van der Waals surface area contributed by atoms with Crippen LogP contribution in [-0.4, -0.2) is 211 Å². The number of aliphatic imine (C=N–C) groups is 1. The van der Waals surface area contributed by atoms with Gasteiger partial charge in [0.1, 0.15) is 85.8 Å². The Labute approximate surface area is 311 Å². The van der Waals surface area contributed by atoms with Gasteiger partial charge in [-0.1, -0.05) is 0 Å². The van der Waals surface area contributed by atoms with Crippen LogP contribution in [0.2, 0.25) is 0 Å². The Bertz CT molecular complexity index is 1350. The van der Waals surface area contributed by atoms with Gasteiger partial charge in [0.25, 0.3) is 5.79 Å². The molecule has 3 aliphatic rings. The number of hydrogen-bond acceptors (Lipinski definition) is 22. The average Bonchev–Trinajstić information content (AvgIpc) is 3.11. The number of aliphatic carboxylic acids is 2. The minimum absolute atomic E-state index is 0.714. The third kappa shape index (κ3) is 11.2. The lowest BCUT2D eigenvalue weighted by atomic mass is 9.88. The molecule has 13 N–H and O–H groups in total. The van der Waals surface area contributed by atoms with Crippen LogP contribution >= 0.6 is 0 Å². The molecular weight excluding hydrogens is 754 g/mol. The van der Waals surface area contributed by atoms with Gasteiger partial charge in [-0.3, -0.25) is 19.4 Å². The van der Waals surface area contributed by atoms with Crippen molar-refractivity contribution >= 4 is 29.7 Å². The number of hydrogen-bond donors (Lipinski definition) is 12. The van der Waals surface area contributed by atoms with E-state index in [2.05, 4.69) is 15.0 Å². The fraction of sp³-hybridized carbons (Fsp3) is 0.833. The number of nitrogens with zero attached hydrogens (tertiary/aromatic N) is 1. The van der Waals surface area contributed by atoms with E-state index in [1.807, 2.05) is 0 Å². The number of ether oxygens (including phenoxy) is 7. The van der Waals surface area contributed by atoms with Gasteiger partial charge in [-0.05, 0) is 12.8 Å². The second-order valence-corrected chi connectivity index (χ2v) is 13.0. The molecule has 17 atom stereocenters. The van der Waals surface area contributed by atoms with E-state index in [1.165, 1.54) is 0 Å². The molecule has 0 radical (unpaired) electrons. The normalized spacial score (nSPS) is 38.7. The molecule has 25 nitrogen and oxygen atoms in total. The molecule has 0 aromatic heterocycles. The fourth-order valence-electron chi connectivity index (χ4n) is 6.09. The van der Waals surface area contributed by atoms with E-state index in [-0.39, 0.29) is 0 Å². The van der Waals surface area contributed by atoms with Crippen molar-refractivity contribution in [1.29, 1.82) is 0 Å². The van der Waals surface area contributed by atoms with Gasteiger partial charge in [-0.15, -0.1) is 0 Å². The highest BCUT2D eigenvalue weighted by molar-refractivity contribution is 5.76. The van der Waals surface area contributed by atoms with Gasteiger partial charge < -0.3 is 100 Å². The number of nitrogens with one attached hydrogen (secondary N) is 1. The Balaban J connectivity index is 2.01. The number of carbonyl (C=O) groups excluding carboxylic acids is 2. The molecule has 3 rings (SSSR count). The predicted octanol–water partition coefficient (Wildman–Crippen LogP) is -8.43. The van der Waals surface area contributed by atoms with E-state index >= 15 is 0 Å². The van der Waals surface area contributed by atoms with Crippen molar-refractivity contribution < 1.29 is 109 Å². The summed E-state index contributed by atoms with van der Waals surface area (Å²) >= 11 is 0. The third-order valence-electron chi connectivity index (χ3n) is 8.80. The minimum atomic E-state index is -3.15. The molecule has 0 aliphatic carbocycles. The zero-order chi connectivity index (χ0) is 41.5. The molecule has 3 heterocycles. The summed E-state index contributed by atoms with van der Waals surface area (Å²) in [6.45, 7) is -0.556. The molecule has 0 saturated carbocycles. The highest BCUT2D eigenvalue weighted by atomic mass is 16.8. The summed E-state index contributed by atoms with van der Waals surface area (Å²) in [7, 11) is 0. The average molecular weight is 803 g/mol. The van der Waals surface area contributed by atoms with Crippen molar-refractivity contribution in [2.45, 2.75) is 131 Å². The van der Waals surface area contributed by atoms with E-state index in [0.29, 0.717) is 0 Å². The van der Waals surface area contributed by atoms with Crippen LogP contribution in [0.25, 0.3) is 0 Å². The number of aliphatic hydroxyl groups excluding tert-OH is 8. The summed E-state index contributed by atoms with van der Waals surface area (Å²) in [4.78, 5) is 51.3. The number of carboxylic acids is 2. The van der Waals surface area contributed by atoms with Crippen LogP contribution in [0.15, 0.2) is 4.99 Å². The molecule has 316 valence electrons. The van der Waals surface area contributed by atoms with Gasteiger partial charge in [0, 0.05) is 20.3 Å². The molecule has 25 heteroatoms. The van der Waals surface area contributed by atoms with Crippen molar-refractivity contribution in [3.63, 3.8) is 0 Å². The highest BCUT2D eigenvalue weighted by Gasteiger charge is 2.60. The Hall–Kier alpha value is -3.25. The number of aliphatic hydroxyl groups is 8. The number of carboxylic acid groups (broad SMARTS) is 2. The van der Waals surface area contributed by atoms with Crippen LogP contribution in [0.1, 0.15) is 27.2 Å². The zero-order valence-corrected chi connectivity index (χ0v) is 29.7. The minimum Gasteiger partial charge on any atom is -0.862 e. The third-order valence-corrected chi connectivity index (χ3v) is 8.80. The smallest absolute Gasteiger partial charge is 0.364 e. The van der Waals surface area contributed by atoms with Crippen LogP contribution in [-0.2, 0) is 52.3 Å². The summed E-state index contributed by atoms with van der Waals surface area (Å²) in [6.07, 6.45) is -26.9. The van der Waals surface area contributed by atoms with Crippen LogP contribution in [0.4, 0.5) is 0 Å².